The molecule has 0 aliphatic carbocycles. The SMILES string of the molecule is Clc1nc2ccc(OCc3ccccc3)cn2c1I. The normalized spacial score (nSPS) is 10.8. The molecule has 5 heteroatoms. The first-order valence-electron chi connectivity index (χ1n) is 5.74. The van der Waals surface area contributed by atoms with E-state index in [4.69, 9.17) is 16.3 Å². The van der Waals surface area contributed by atoms with Gasteiger partial charge in [0.25, 0.3) is 0 Å². The van der Waals surface area contributed by atoms with E-state index in [2.05, 4.69) is 27.6 Å². The summed E-state index contributed by atoms with van der Waals surface area (Å²) in [5.74, 6) is 0.795. The number of halogens is 2. The van der Waals surface area contributed by atoms with Crippen LogP contribution in [0.15, 0.2) is 48.7 Å². The topological polar surface area (TPSA) is 26.5 Å². The lowest BCUT2D eigenvalue weighted by atomic mass is 10.2. The van der Waals surface area contributed by atoms with Crippen molar-refractivity contribution in [3.05, 3.63) is 63.1 Å². The number of imidazole rings is 1. The number of ether oxygens (including phenoxy) is 1. The van der Waals surface area contributed by atoms with E-state index < -0.39 is 0 Å². The van der Waals surface area contributed by atoms with Gasteiger partial charge in [0.1, 0.15) is 21.7 Å². The Morgan fingerprint density at radius 3 is 2.74 bits per heavy atom. The summed E-state index contributed by atoms with van der Waals surface area (Å²) >= 11 is 8.16. The van der Waals surface area contributed by atoms with Crippen molar-refractivity contribution in [2.75, 3.05) is 0 Å². The molecule has 3 aromatic rings. The molecule has 0 saturated carbocycles. The van der Waals surface area contributed by atoms with Crippen LogP contribution in [0.1, 0.15) is 5.56 Å². The lowest BCUT2D eigenvalue weighted by Crippen LogP contribution is -1.97. The molecule has 0 spiro atoms. The first-order valence-corrected chi connectivity index (χ1v) is 7.19. The summed E-state index contributed by atoms with van der Waals surface area (Å²) < 4.78 is 8.58. The van der Waals surface area contributed by atoms with Crippen LogP contribution in [-0.4, -0.2) is 9.38 Å². The molecule has 2 aromatic heterocycles. The van der Waals surface area contributed by atoms with Gasteiger partial charge in [-0.25, -0.2) is 4.98 Å². The molecule has 0 aliphatic rings. The molecule has 96 valence electrons. The average Bonchev–Trinajstić information content (AvgIpc) is 2.73. The highest BCUT2D eigenvalue weighted by molar-refractivity contribution is 14.1. The van der Waals surface area contributed by atoms with Crippen LogP contribution in [0, 0.1) is 3.70 Å². The zero-order valence-corrected chi connectivity index (χ0v) is 12.8. The molecule has 0 fully saturated rings. The van der Waals surface area contributed by atoms with Crippen molar-refractivity contribution in [1.29, 1.82) is 0 Å². The maximum Gasteiger partial charge on any atom is 0.161 e. The summed E-state index contributed by atoms with van der Waals surface area (Å²) in [6, 6.07) is 13.9. The van der Waals surface area contributed by atoms with Crippen molar-refractivity contribution in [3.8, 4) is 5.75 Å². The van der Waals surface area contributed by atoms with Crippen LogP contribution in [0.2, 0.25) is 5.15 Å². The van der Waals surface area contributed by atoms with Gasteiger partial charge in [0.2, 0.25) is 0 Å². The monoisotopic (exact) mass is 384 g/mol. The number of benzene rings is 1. The fraction of sp³-hybridized carbons (Fsp3) is 0.0714. The molecular formula is C14H10ClIN2O. The van der Waals surface area contributed by atoms with Gasteiger partial charge in [-0.05, 0) is 40.3 Å². The van der Waals surface area contributed by atoms with E-state index in [9.17, 15) is 0 Å². The van der Waals surface area contributed by atoms with Crippen molar-refractivity contribution in [3.63, 3.8) is 0 Å². The van der Waals surface area contributed by atoms with E-state index in [0.717, 1.165) is 20.7 Å². The highest BCUT2D eigenvalue weighted by Gasteiger charge is 2.07. The molecule has 0 atom stereocenters. The molecule has 0 N–H and O–H groups in total. The number of hydrogen-bond donors (Lipinski definition) is 0. The van der Waals surface area contributed by atoms with Gasteiger partial charge in [-0.1, -0.05) is 41.9 Å². The van der Waals surface area contributed by atoms with E-state index in [1.807, 2.05) is 53.1 Å². The maximum atomic E-state index is 6.00. The van der Waals surface area contributed by atoms with Gasteiger partial charge in [-0.3, -0.25) is 4.40 Å². The van der Waals surface area contributed by atoms with Crippen LogP contribution in [0.25, 0.3) is 5.65 Å². The Hall–Kier alpha value is -1.27. The highest BCUT2D eigenvalue weighted by Crippen LogP contribution is 2.22. The fourth-order valence-electron chi connectivity index (χ4n) is 1.79. The zero-order valence-electron chi connectivity index (χ0n) is 9.88. The number of hydrogen-bond acceptors (Lipinski definition) is 2. The van der Waals surface area contributed by atoms with Crippen LogP contribution >= 0.6 is 34.2 Å². The van der Waals surface area contributed by atoms with E-state index in [1.165, 1.54) is 0 Å². The van der Waals surface area contributed by atoms with Crippen molar-refractivity contribution in [2.45, 2.75) is 6.61 Å². The Bertz CT molecular complexity index is 712. The Balaban J connectivity index is 1.83. The quantitative estimate of drug-likeness (QED) is 0.634. The molecule has 3 rings (SSSR count). The second-order valence-corrected chi connectivity index (χ2v) is 5.44. The van der Waals surface area contributed by atoms with Gasteiger partial charge in [-0.2, -0.15) is 0 Å². The predicted octanol–water partition coefficient (Wildman–Crippen LogP) is 4.17. The Morgan fingerprint density at radius 1 is 1.16 bits per heavy atom. The standard InChI is InChI=1S/C14H10ClIN2O/c15-13-14(16)18-8-11(6-7-12(18)17-13)19-9-10-4-2-1-3-5-10/h1-8H,9H2. The lowest BCUT2D eigenvalue weighted by Gasteiger charge is -2.06. The molecule has 0 unspecified atom stereocenters. The second-order valence-electron chi connectivity index (χ2n) is 4.06. The van der Waals surface area contributed by atoms with E-state index in [0.29, 0.717) is 11.8 Å². The molecule has 0 amide bonds. The fourth-order valence-corrected chi connectivity index (χ4v) is 2.48. The Labute approximate surface area is 129 Å². The lowest BCUT2D eigenvalue weighted by molar-refractivity contribution is 0.304. The summed E-state index contributed by atoms with van der Waals surface area (Å²) in [7, 11) is 0. The van der Waals surface area contributed by atoms with Crippen molar-refractivity contribution >= 4 is 39.8 Å². The highest BCUT2D eigenvalue weighted by atomic mass is 127. The molecule has 0 saturated heterocycles. The van der Waals surface area contributed by atoms with Crippen LogP contribution in [-0.2, 0) is 6.61 Å². The third-order valence-corrected chi connectivity index (χ3v) is 4.36. The van der Waals surface area contributed by atoms with E-state index in [1.54, 1.807) is 0 Å². The van der Waals surface area contributed by atoms with Gasteiger partial charge in [-0.15, -0.1) is 0 Å². The minimum absolute atomic E-state index is 0.515. The molecular weight excluding hydrogens is 375 g/mol. The molecule has 0 bridgehead atoms. The third-order valence-electron chi connectivity index (χ3n) is 2.74. The number of pyridine rings is 1. The summed E-state index contributed by atoms with van der Waals surface area (Å²) in [4.78, 5) is 4.24. The van der Waals surface area contributed by atoms with Gasteiger partial charge < -0.3 is 4.74 Å². The van der Waals surface area contributed by atoms with Crippen LogP contribution < -0.4 is 4.74 Å². The first kappa shape index (κ1) is 12.7. The second kappa shape index (κ2) is 5.38. The molecule has 19 heavy (non-hydrogen) atoms. The van der Waals surface area contributed by atoms with Crippen molar-refractivity contribution in [1.82, 2.24) is 9.38 Å². The summed E-state index contributed by atoms with van der Waals surface area (Å²) in [6.45, 7) is 0.547. The Kier molecular flexibility index (Phi) is 3.61. The molecule has 3 nitrogen and oxygen atoms in total. The minimum Gasteiger partial charge on any atom is -0.487 e. The van der Waals surface area contributed by atoms with Crippen molar-refractivity contribution in [2.24, 2.45) is 0 Å². The summed E-state index contributed by atoms with van der Waals surface area (Å²) in [6.07, 6.45) is 1.90. The summed E-state index contributed by atoms with van der Waals surface area (Å²) in [5.41, 5.74) is 1.96. The third kappa shape index (κ3) is 2.69. The molecule has 0 aliphatic heterocycles. The maximum absolute atomic E-state index is 6.00. The first-order chi connectivity index (χ1) is 9.24. The smallest absolute Gasteiger partial charge is 0.161 e. The van der Waals surface area contributed by atoms with Gasteiger partial charge in [0.05, 0.1) is 6.20 Å². The van der Waals surface area contributed by atoms with Crippen molar-refractivity contribution < 1.29 is 4.74 Å². The molecule has 2 heterocycles. The van der Waals surface area contributed by atoms with E-state index >= 15 is 0 Å². The van der Waals surface area contributed by atoms with E-state index in [-0.39, 0.29) is 0 Å². The Morgan fingerprint density at radius 2 is 1.95 bits per heavy atom. The molecule has 0 radical (unpaired) electrons. The largest absolute Gasteiger partial charge is 0.487 e. The van der Waals surface area contributed by atoms with Gasteiger partial charge >= 0.3 is 0 Å². The van der Waals surface area contributed by atoms with Crippen LogP contribution in [0.3, 0.4) is 0 Å². The van der Waals surface area contributed by atoms with Crippen LogP contribution in [0.4, 0.5) is 0 Å². The minimum atomic E-state index is 0.515. The number of rotatable bonds is 3. The van der Waals surface area contributed by atoms with Crippen LogP contribution in [0.5, 0.6) is 5.75 Å². The van der Waals surface area contributed by atoms with Gasteiger partial charge in [0.15, 0.2) is 5.15 Å². The van der Waals surface area contributed by atoms with Gasteiger partial charge in [0, 0.05) is 0 Å². The molecule has 1 aromatic carbocycles. The number of fused-ring (bicyclic) bond motifs is 1. The number of aromatic nitrogens is 2. The average molecular weight is 385 g/mol. The zero-order chi connectivity index (χ0) is 13.2. The number of nitrogens with zero attached hydrogens (tertiary/aromatic N) is 2. The predicted molar refractivity (Wildman–Crippen MR) is 83.7 cm³/mol. The summed E-state index contributed by atoms with van der Waals surface area (Å²) in [5, 5.41) is 0.515.